The van der Waals surface area contributed by atoms with Crippen molar-refractivity contribution in [1.82, 2.24) is 5.32 Å². The normalized spacial score (nSPS) is 10.5. The van der Waals surface area contributed by atoms with Crippen molar-refractivity contribution in [3.63, 3.8) is 0 Å². The summed E-state index contributed by atoms with van der Waals surface area (Å²) >= 11 is 7.68. The number of hydrogen-bond donors (Lipinski definition) is 1. The van der Waals surface area contributed by atoms with Crippen molar-refractivity contribution in [2.45, 2.75) is 24.7 Å². The zero-order valence-electron chi connectivity index (χ0n) is 12.6. The van der Waals surface area contributed by atoms with Gasteiger partial charge in [-0.1, -0.05) is 41.4 Å². The minimum absolute atomic E-state index is 0.0875. The molecule has 22 heavy (non-hydrogen) atoms. The second-order valence-electron chi connectivity index (χ2n) is 5.14. The summed E-state index contributed by atoms with van der Waals surface area (Å²) in [5, 5.41) is 3.67. The van der Waals surface area contributed by atoms with E-state index in [0.29, 0.717) is 18.0 Å². The fourth-order valence-electron chi connectivity index (χ4n) is 2.03. The maximum Gasteiger partial charge on any atom is 0.220 e. The first-order chi connectivity index (χ1) is 10.6. The van der Waals surface area contributed by atoms with Crippen molar-refractivity contribution < 1.29 is 4.79 Å². The molecule has 0 aliphatic carbocycles. The number of nitrogens with one attached hydrogen (secondary N) is 1. The summed E-state index contributed by atoms with van der Waals surface area (Å²) < 4.78 is 0. The van der Waals surface area contributed by atoms with Crippen LogP contribution in [0.2, 0.25) is 5.02 Å². The Morgan fingerprint density at radius 3 is 2.68 bits per heavy atom. The molecule has 116 valence electrons. The van der Waals surface area contributed by atoms with Gasteiger partial charge in [-0.25, -0.2) is 0 Å². The Hall–Kier alpha value is -1.45. The molecule has 0 bridgehead atoms. The van der Waals surface area contributed by atoms with Crippen LogP contribution >= 0.6 is 23.4 Å². The molecule has 2 nitrogen and oxygen atoms in total. The molecule has 0 fully saturated rings. The molecule has 4 heteroatoms. The molecule has 0 saturated carbocycles. The van der Waals surface area contributed by atoms with Gasteiger partial charge in [0.2, 0.25) is 5.91 Å². The quantitative estimate of drug-likeness (QED) is 0.597. The van der Waals surface area contributed by atoms with E-state index in [2.05, 4.69) is 36.5 Å². The Morgan fingerprint density at radius 1 is 1.18 bits per heavy atom. The molecule has 0 aromatic heterocycles. The second-order valence-corrected chi connectivity index (χ2v) is 6.75. The van der Waals surface area contributed by atoms with Gasteiger partial charge in [-0.3, -0.25) is 4.79 Å². The monoisotopic (exact) mass is 333 g/mol. The minimum Gasteiger partial charge on any atom is -0.355 e. The second kappa shape index (κ2) is 8.86. The molecule has 0 saturated heterocycles. The van der Waals surface area contributed by atoms with E-state index in [1.807, 2.05) is 24.3 Å². The van der Waals surface area contributed by atoms with E-state index in [1.54, 1.807) is 11.8 Å². The molecular formula is C18H20ClNOS. The summed E-state index contributed by atoms with van der Waals surface area (Å²) in [6.07, 6.45) is 1.22. The number of rotatable bonds is 7. The number of benzene rings is 2. The Kier molecular flexibility index (Phi) is 6.81. The predicted molar refractivity (Wildman–Crippen MR) is 94.7 cm³/mol. The fourth-order valence-corrected chi connectivity index (χ4v) is 3.01. The number of thioether (sulfide) groups is 1. The van der Waals surface area contributed by atoms with Gasteiger partial charge < -0.3 is 5.32 Å². The van der Waals surface area contributed by atoms with Gasteiger partial charge >= 0.3 is 0 Å². The van der Waals surface area contributed by atoms with Gasteiger partial charge in [0, 0.05) is 28.6 Å². The lowest BCUT2D eigenvalue weighted by molar-refractivity contribution is -0.120. The smallest absolute Gasteiger partial charge is 0.220 e. The van der Waals surface area contributed by atoms with Crippen LogP contribution in [0.25, 0.3) is 0 Å². The molecule has 0 radical (unpaired) electrons. The largest absolute Gasteiger partial charge is 0.355 e. The lowest BCUT2D eigenvalue weighted by Crippen LogP contribution is -2.25. The Bertz CT molecular complexity index is 613. The highest BCUT2D eigenvalue weighted by molar-refractivity contribution is 7.99. The highest BCUT2D eigenvalue weighted by Gasteiger charge is 2.02. The first-order valence-corrected chi connectivity index (χ1v) is 8.70. The fraction of sp³-hybridized carbons (Fsp3) is 0.278. The maximum atomic E-state index is 11.8. The van der Waals surface area contributed by atoms with Gasteiger partial charge in [0.25, 0.3) is 0 Å². The molecule has 2 aromatic rings. The number of amides is 1. The Labute approximate surface area is 141 Å². The average Bonchev–Trinajstić information content (AvgIpc) is 2.51. The van der Waals surface area contributed by atoms with Crippen LogP contribution in [0, 0.1) is 6.92 Å². The maximum absolute atomic E-state index is 11.8. The Morgan fingerprint density at radius 2 is 1.95 bits per heavy atom. The summed E-state index contributed by atoms with van der Waals surface area (Å²) in [6.45, 7) is 2.77. The standard InChI is InChI=1S/C18H20ClNOS/c1-14-5-8-17(9-6-14)22-12-11-20-18(21)10-7-15-3-2-4-16(19)13-15/h2-6,8-9,13H,7,10-12H2,1H3,(H,20,21). The van der Waals surface area contributed by atoms with Crippen LogP contribution < -0.4 is 5.32 Å². The van der Waals surface area contributed by atoms with Crippen LogP contribution in [-0.4, -0.2) is 18.2 Å². The van der Waals surface area contributed by atoms with Crippen LogP contribution in [-0.2, 0) is 11.2 Å². The van der Waals surface area contributed by atoms with E-state index < -0.39 is 0 Å². The first-order valence-electron chi connectivity index (χ1n) is 7.34. The molecule has 0 aliphatic rings. The average molecular weight is 334 g/mol. The van der Waals surface area contributed by atoms with Gasteiger partial charge in [0.05, 0.1) is 0 Å². The summed E-state index contributed by atoms with van der Waals surface area (Å²) in [7, 11) is 0. The van der Waals surface area contributed by atoms with Crippen LogP contribution in [0.15, 0.2) is 53.4 Å². The molecule has 0 heterocycles. The van der Waals surface area contributed by atoms with Gasteiger partial charge in [-0.2, -0.15) is 0 Å². The van der Waals surface area contributed by atoms with Crippen LogP contribution in [0.5, 0.6) is 0 Å². The van der Waals surface area contributed by atoms with Crippen molar-refractivity contribution in [3.05, 3.63) is 64.7 Å². The van der Waals surface area contributed by atoms with Crippen molar-refractivity contribution in [2.75, 3.05) is 12.3 Å². The number of halogens is 1. The van der Waals surface area contributed by atoms with E-state index in [-0.39, 0.29) is 5.91 Å². The van der Waals surface area contributed by atoms with E-state index in [9.17, 15) is 4.79 Å². The summed E-state index contributed by atoms with van der Waals surface area (Å²) in [4.78, 5) is 13.0. The predicted octanol–water partition coefficient (Wildman–Crippen LogP) is 4.49. The number of hydrogen-bond acceptors (Lipinski definition) is 2. The summed E-state index contributed by atoms with van der Waals surface area (Å²) in [5.74, 6) is 0.968. The van der Waals surface area contributed by atoms with E-state index >= 15 is 0 Å². The number of aryl methyl sites for hydroxylation is 2. The molecule has 0 unspecified atom stereocenters. The van der Waals surface area contributed by atoms with Crippen molar-refractivity contribution in [2.24, 2.45) is 0 Å². The number of carbonyl (C=O) groups excluding carboxylic acids is 1. The van der Waals surface area contributed by atoms with Gasteiger partial charge in [0.15, 0.2) is 0 Å². The molecule has 0 spiro atoms. The zero-order valence-corrected chi connectivity index (χ0v) is 14.2. The third kappa shape index (κ3) is 6.12. The lowest BCUT2D eigenvalue weighted by atomic mass is 10.1. The van der Waals surface area contributed by atoms with E-state index in [1.165, 1.54) is 10.5 Å². The van der Waals surface area contributed by atoms with Crippen LogP contribution in [0.3, 0.4) is 0 Å². The lowest BCUT2D eigenvalue weighted by Gasteiger charge is -2.06. The highest BCUT2D eigenvalue weighted by Crippen LogP contribution is 2.17. The molecule has 2 rings (SSSR count). The molecular weight excluding hydrogens is 314 g/mol. The highest BCUT2D eigenvalue weighted by atomic mass is 35.5. The van der Waals surface area contributed by atoms with Crippen LogP contribution in [0.1, 0.15) is 17.5 Å². The Balaban J connectivity index is 1.62. The molecule has 0 atom stereocenters. The third-order valence-electron chi connectivity index (χ3n) is 3.24. The minimum atomic E-state index is 0.0875. The molecule has 2 aromatic carbocycles. The number of carbonyl (C=O) groups is 1. The SMILES string of the molecule is Cc1ccc(SCCNC(=O)CCc2cccc(Cl)c2)cc1. The first kappa shape index (κ1) is 16.9. The molecule has 0 aliphatic heterocycles. The van der Waals surface area contributed by atoms with Crippen molar-refractivity contribution in [3.8, 4) is 0 Å². The summed E-state index contributed by atoms with van der Waals surface area (Å²) in [5.41, 5.74) is 2.36. The molecule has 1 amide bonds. The van der Waals surface area contributed by atoms with Gasteiger partial charge in [-0.15, -0.1) is 11.8 Å². The topological polar surface area (TPSA) is 29.1 Å². The van der Waals surface area contributed by atoms with Crippen molar-refractivity contribution >= 4 is 29.3 Å². The van der Waals surface area contributed by atoms with Gasteiger partial charge in [0.1, 0.15) is 0 Å². The van der Waals surface area contributed by atoms with E-state index in [4.69, 9.17) is 11.6 Å². The third-order valence-corrected chi connectivity index (χ3v) is 4.49. The van der Waals surface area contributed by atoms with Crippen molar-refractivity contribution in [1.29, 1.82) is 0 Å². The van der Waals surface area contributed by atoms with Gasteiger partial charge in [-0.05, 0) is 43.2 Å². The zero-order chi connectivity index (χ0) is 15.8. The summed E-state index contributed by atoms with van der Waals surface area (Å²) in [6, 6.07) is 16.1. The molecule has 1 N–H and O–H groups in total. The van der Waals surface area contributed by atoms with E-state index in [0.717, 1.165) is 17.7 Å². The van der Waals surface area contributed by atoms with Crippen LogP contribution in [0.4, 0.5) is 0 Å².